The third kappa shape index (κ3) is 3.07. The minimum absolute atomic E-state index is 0.00231. The van der Waals surface area contributed by atoms with Crippen LogP contribution in [0.25, 0.3) is 0 Å². The summed E-state index contributed by atoms with van der Waals surface area (Å²) in [6, 6.07) is 2.65. The minimum atomic E-state index is -4.26. The van der Waals surface area contributed by atoms with Crippen LogP contribution in [0.2, 0.25) is 5.15 Å². The second-order valence-corrected chi connectivity index (χ2v) is 3.23. The van der Waals surface area contributed by atoms with Gasteiger partial charge in [-0.15, -0.1) is 0 Å². The molecular weight excluding hydrogens is 199 g/mol. The van der Waals surface area contributed by atoms with Gasteiger partial charge >= 0.3 is 5.51 Å². The van der Waals surface area contributed by atoms with Gasteiger partial charge in [-0.3, -0.25) is 0 Å². The maximum Gasteiger partial charge on any atom is 0.447 e. The van der Waals surface area contributed by atoms with Crippen molar-refractivity contribution in [2.75, 3.05) is 0 Å². The molecule has 1 heterocycles. The molecule has 1 rings (SSSR count). The Bertz CT molecular complexity index is 244. The van der Waals surface area contributed by atoms with Crippen molar-refractivity contribution in [3.63, 3.8) is 0 Å². The monoisotopic (exact) mass is 201 g/mol. The summed E-state index contributed by atoms with van der Waals surface area (Å²) in [6.07, 6.45) is 0. The fourth-order valence-corrected chi connectivity index (χ4v) is 1.30. The summed E-state index contributed by atoms with van der Waals surface area (Å²) in [7, 11) is 0. The van der Waals surface area contributed by atoms with Crippen LogP contribution in [0.15, 0.2) is 17.2 Å². The van der Waals surface area contributed by atoms with E-state index in [4.69, 9.17) is 11.6 Å². The van der Waals surface area contributed by atoms with Crippen molar-refractivity contribution in [3.05, 3.63) is 17.3 Å². The smallest absolute Gasteiger partial charge is 0.341 e. The van der Waals surface area contributed by atoms with E-state index in [1.807, 2.05) is 0 Å². The van der Waals surface area contributed by atoms with Crippen LogP contribution in [0.1, 0.15) is 0 Å². The third-order valence-corrected chi connectivity index (χ3v) is 1.76. The third-order valence-electron chi connectivity index (χ3n) is 0.849. The quantitative estimate of drug-likeness (QED) is 0.690. The maximum atomic E-state index is 11.7. The average molecular weight is 202 g/mol. The van der Waals surface area contributed by atoms with Gasteiger partial charge in [0.05, 0.1) is 5.03 Å². The van der Waals surface area contributed by atoms with Crippen molar-refractivity contribution in [1.82, 2.24) is 4.98 Å². The molecule has 0 aliphatic carbocycles. The molecule has 1 aromatic rings. The number of aromatic nitrogens is 1. The summed E-state index contributed by atoms with van der Waals surface area (Å²) < 4.78 is 35.0. The molecule has 1 aromatic heterocycles. The fourth-order valence-electron chi connectivity index (χ4n) is 0.534. The van der Waals surface area contributed by atoms with Crippen molar-refractivity contribution < 1.29 is 13.2 Å². The molecule has 0 atom stereocenters. The van der Waals surface area contributed by atoms with Gasteiger partial charge in [-0.05, 0) is 12.1 Å². The Morgan fingerprint density at radius 1 is 1.36 bits per heavy atom. The van der Waals surface area contributed by atoms with Gasteiger partial charge in [0.15, 0.2) is 0 Å². The molecule has 0 fully saturated rings. The lowest BCUT2D eigenvalue weighted by molar-refractivity contribution is -0.0329. The van der Waals surface area contributed by atoms with Crippen molar-refractivity contribution >= 4 is 23.4 Å². The normalized spacial score (nSPS) is 12.0. The molecule has 0 aromatic carbocycles. The highest BCUT2D eigenvalue weighted by molar-refractivity contribution is 8.00. The van der Waals surface area contributed by atoms with E-state index < -0.39 is 5.51 Å². The zero-order valence-corrected chi connectivity index (χ0v) is 6.65. The first-order valence-corrected chi connectivity index (χ1v) is 3.77. The highest BCUT2D eigenvalue weighted by Gasteiger charge is 2.29. The van der Waals surface area contributed by atoms with E-state index in [-0.39, 0.29) is 21.9 Å². The van der Waals surface area contributed by atoms with Crippen LogP contribution in [-0.4, -0.2) is 10.5 Å². The Balaban J connectivity index is 2.65. The summed E-state index contributed by atoms with van der Waals surface area (Å²) in [6.45, 7) is 0. The van der Waals surface area contributed by atoms with Crippen molar-refractivity contribution in [2.24, 2.45) is 0 Å². The van der Waals surface area contributed by atoms with E-state index in [2.05, 4.69) is 4.98 Å². The molecule has 0 aliphatic rings. The Morgan fingerprint density at radius 3 is 2.36 bits per heavy atom. The highest BCUT2D eigenvalue weighted by atomic mass is 35.5. The first-order valence-electron chi connectivity index (χ1n) is 2.57. The zero-order valence-electron chi connectivity index (χ0n) is 5.07. The summed E-state index contributed by atoms with van der Waals surface area (Å²) in [4.78, 5) is 2.34. The lowest BCUT2D eigenvalue weighted by Gasteiger charge is -2.01. The minimum Gasteiger partial charge on any atom is -0.341 e. The molecule has 1 N–H and O–H groups in total. The van der Waals surface area contributed by atoms with Gasteiger partial charge in [0.1, 0.15) is 5.15 Å². The SMILES string of the molecule is FC(F)(F)Sc1ccc(Cl)[nH]1. The lowest BCUT2D eigenvalue weighted by atomic mass is 10.7. The van der Waals surface area contributed by atoms with E-state index in [1.54, 1.807) is 0 Å². The number of nitrogens with one attached hydrogen (secondary N) is 1. The molecule has 0 bridgehead atoms. The number of thioether (sulfide) groups is 1. The molecule has 0 amide bonds. The predicted octanol–water partition coefficient (Wildman–Crippen LogP) is 3.28. The van der Waals surface area contributed by atoms with E-state index in [0.29, 0.717) is 0 Å². The molecule has 11 heavy (non-hydrogen) atoms. The Labute approximate surface area is 69.9 Å². The summed E-state index contributed by atoms with van der Waals surface area (Å²) in [5.74, 6) is 0. The molecule has 0 saturated heterocycles. The van der Waals surface area contributed by atoms with Gasteiger partial charge in [-0.2, -0.15) is 13.2 Å². The van der Waals surface area contributed by atoms with Crippen LogP contribution < -0.4 is 0 Å². The largest absolute Gasteiger partial charge is 0.447 e. The molecule has 0 radical (unpaired) electrons. The van der Waals surface area contributed by atoms with Crippen LogP contribution in [-0.2, 0) is 0 Å². The van der Waals surface area contributed by atoms with E-state index >= 15 is 0 Å². The highest BCUT2D eigenvalue weighted by Crippen LogP contribution is 2.36. The fraction of sp³-hybridized carbons (Fsp3) is 0.200. The number of H-pyrrole nitrogens is 1. The predicted molar refractivity (Wildman–Crippen MR) is 37.7 cm³/mol. The van der Waals surface area contributed by atoms with Gasteiger partial charge in [-0.25, -0.2) is 0 Å². The van der Waals surface area contributed by atoms with Crippen molar-refractivity contribution in [1.29, 1.82) is 0 Å². The second kappa shape index (κ2) is 2.98. The summed E-state index contributed by atoms with van der Waals surface area (Å²) in [5.41, 5.74) is -4.26. The number of halogens is 4. The average Bonchev–Trinajstić information content (AvgIpc) is 2.10. The summed E-state index contributed by atoms with van der Waals surface area (Å²) >= 11 is 5.13. The van der Waals surface area contributed by atoms with Gasteiger partial charge in [0.2, 0.25) is 0 Å². The zero-order chi connectivity index (χ0) is 8.48. The summed E-state index contributed by atoms with van der Waals surface area (Å²) in [5, 5.41) is 0.208. The first-order chi connectivity index (χ1) is 4.97. The molecule has 6 heteroatoms. The molecular formula is C5H3ClF3NS. The number of hydrogen-bond donors (Lipinski definition) is 1. The molecule has 0 aliphatic heterocycles. The number of aromatic amines is 1. The number of rotatable bonds is 1. The van der Waals surface area contributed by atoms with Gasteiger partial charge < -0.3 is 4.98 Å². The Kier molecular flexibility index (Phi) is 2.39. The van der Waals surface area contributed by atoms with E-state index in [9.17, 15) is 13.2 Å². The lowest BCUT2D eigenvalue weighted by Crippen LogP contribution is -1.98. The second-order valence-electron chi connectivity index (χ2n) is 1.72. The molecule has 0 saturated carbocycles. The van der Waals surface area contributed by atoms with Crippen LogP contribution in [0.4, 0.5) is 13.2 Å². The van der Waals surface area contributed by atoms with Gasteiger partial charge in [0, 0.05) is 11.8 Å². The topological polar surface area (TPSA) is 15.8 Å². The van der Waals surface area contributed by atoms with Crippen LogP contribution in [0.5, 0.6) is 0 Å². The maximum absolute atomic E-state index is 11.7. The molecule has 1 nitrogen and oxygen atoms in total. The molecule has 0 spiro atoms. The van der Waals surface area contributed by atoms with Gasteiger partial charge in [-0.1, -0.05) is 11.6 Å². The standard InChI is InChI=1S/C5H3ClF3NS/c6-3-1-2-4(10-3)11-5(7,8)9/h1-2,10H. The van der Waals surface area contributed by atoms with Crippen LogP contribution in [0, 0.1) is 0 Å². The Morgan fingerprint density at radius 2 is 2.00 bits per heavy atom. The van der Waals surface area contributed by atoms with E-state index in [1.165, 1.54) is 12.1 Å². The van der Waals surface area contributed by atoms with Crippen molar-refractivity contribution in [3.8, 4) is 0 Å². The number of hydrogen-bond acceptors (Lipinski definition) is 1. The van der Waals surface area contributed by atoms with Crippen molar-refractivity contribution in [2.45, 2.75) is 10.5 Å². The molecule has 0 unspecified atom stereocenters. The van der Waals surface area contributed by atoms with Crippen LogP contribution in [0.3, 0.4) is 0 Å². The van der Waals surface area contributed by atoms with Crippen LogP contribution >= 0.6 is 23.4 Å². The van der Waals surface area contributed by atoms with E-state index in [0.717, 1.165) is 0 Å². The van der Waals surface area contributed by atoms with Gasteiger partial charge in [0.25, 0.3) is 0 Å². The Hall–Kier alpha value is -0.290. The first kappa shape index (κ1) is 8.80. The molecule has 62 valence electrons. The number of alkyl halides is 3.